The van der Waals surface area contributed by atoms with Crippen LogP contribution in [0.25, 0.3) is 0 Å². The van der Waals surface area contributed by atoms with Gasteiger partial charge in [0.1, 0.15) is 5.75 Å². The summed E-state index contributed by atoms with van der Waals surface area (Å²) in [6, 6.07) is 2.57. The number of carbonyl (C=O) groups excluding carboxylic acids is 1. The molecule has 1 aromatic rings. The largest absolute Gasteiger partial charge is 0.496 e. The van der Waals surface area contributed by atoms with E-state index in [2.05, 4.69) is 32.2 Å². The summed E-state index contributed by atoms with van der Waals surface area (Å²) in [7, 11) is 1.74. The topological polar surface area (TPSA) is 38.3 Å². The molecule has 2 aliphatic carbocycles. The monoisotopic (exact) mass is 329 g/mol. The molecule has 1 amide bonds. The molecule has 0 bridgehead atoms. The van der Waals surface area contributed by atoms with Gasteiger partial charge in [0.15, 0.2) is 0 Å². The van der Waals surface area contributed by atoms with Crippen LogP contribution in [0.1, 0.15) is 61.3 Å². The Kier molecular flexibility index (Phi) is 5.17. The summed E-state index contributed by atoms with van der Waals surface area (Å²) in [6.45, 7) is 6.45. The second-order valence-corrected chi connectivity index (χ2v) is 7.76. The van der Waals surface area contributed by atoms with Gasteiger partial charge in [0.05, 0.1) is 7.11 Å². The summed E-state index contributed by atoms with van der Waals surface area (Å²) >= 11 is 0. The molecule has 132 valence electrons. The first-order valence-electron chi connectivity index (χ1n) is 9.47. The van der Waals surface area contributed by atoms with E-state index in [1.807, 2.05) is 0 Å². The number of methoxy groups -OCH3 is 1. The number of benzene rings is 1. The molecule has 2 aliphatic rings. The van der Waals surface area contributed by atoms with Crippen molar-refractivity contribution in [1.29, 1.82) is 0 Å². The van der Waals surface area contributed by atoms with E-state index in [1.54, 1.807) is 7.11 Å². The predicted octanol–water partition coefficient (Wildman–Crippen LogP) is 4.11. The normalized spacial score (nSPS) is 22.1. The van der Waals surface area contributed by atoms with Crippen LogP contribution in [-0.2, 0) is 17.6 Å². The van der Waals surface area contributed by atoms with Crippen LogP contribution < -0.4 is 10.1 Å². The number of hydrogen-bond acceptors (Lipinski definition) is 2. The Hall–Kier alpha value is -1.51. The van der Waals surface area contributed by atoms with Crippen molar-refractivity contribution < 1.29 is 9.53 Å². The van der Waals surface area contributed by atoms with Crippen molar-refractivity contribution in [2.24, 2.45) is 11.8 Å². The zero-order valence-corrected chi connectivity index (χ0v) is 15.6. The molecule has 3 heteroatoms. The van der Waals surface area contributed by atoms with Crippen molar-refractivity contribution in [3.63, 3.8) is 0 Å². The van der Waals surface area contributed by atoms with Crippen molar-refractivity contribution in [3.05, 3.63) is 28.3 Å². The molecule has 0 unspecified atom stereocenters. The highest BCUT2D eigenvalue weighted by molar-refractivity contribution is 5.79. The van der Waals surface area contributed by atoms with Gasteiger partial charge in [-0.1, -0.05) is 19.8 Å². The van der Waals surface area contributed by atoms with Gasteiger partial charge in [0, 0.05) is 12.0 Å². The van der Waals surface area contributed by atoms with Crippen molar-refractivity contribution in [2.45, 2.75) is 71.8 Å². The quantitative estimate of drug-likeness (QED) is 0.902. The summed E-state index contributed by atoms with van der Waals surface area (Å²) in [5.41, 5.74) is 5.48. The second-order valence-electron chi connectivity index (χ2n) is 7.76. The lowest BCUT2D eigenvalue weighted by atomic mass is 9.74. The number of rotatable bonds is 4. The summed E-state index contributed by atoms with van der Waals surface area (Å²) in [4.78, 5) is 12.6. The van der Waals surface area contributed by atoms with Crippen molar-refractivity contribution in [1.82, 2.24) is 5.32 Å². The van der Waals surface area contributed by atoms with Gasteiger partial charge >= 0.3 is 0 Å². The van der Waals surface area contributed by atoms with Gasteiger partial charge in [-0.15, -0.1) is 0 Å². The highest BCUT2D eigenvalue weighted by atomic mass is 16.5. The summed E-state index contributed by atoms with van der Waals surface area (Å²) in [5.74, 6) is 1.76. The maximum atomic E-state index is 12.6. The molecule has 1 saturated carbocycles. The molecule has 0 spiro atoms. The molecule has 0 aliphatic heterocycles. The number of fused-ring (bicyclic) bond motifs is 1. The Morgan fingerprint density at radius 2 is 1.92 bits per heavy atom. The van der Waals surface area contributed by atoms with E-state index in [4.69, 9.17) is 4.74 Å². The number of amides is 1. The van der Waals surface area contributed by atoms with E-state index in [0.717, 1.165) is 37.9 Å². The van der Waals surface area contributed by atoms with E-state index in [1.165, 1.54) is 35.1 Å². The molecule has 1 N–H and O–H groups in total. The maximum Gasteiger partial charge on any atom is 0.223 e. The number of hydrogen-bond donors (Lipinski definition) is 1. The lowest BCUT2D eigenvalue weighted by molar-refractivity contribution is -0.126. The van der Waals surface area contributed by atoms with Crippen LogP contribution in [0.5, 0.6) is 5.75 Å². The zero-order chi connectivity index (χ0) is 17.3. The zero-order valence-electron chi connectivity index (χ0n) is 15.6. The Bertz CT molecular complexity index is 617. The van der Waals surface area contributed by atoms with Gasteiger partial charge in [-0.2, -0.15) is 0 Å². The Morgan fingerprint density at radius 1 is 1.21 bits per heavy atom. The Labute approximate surface area is 146 Å². The number of nitrogens with one attached hydrogen (secondary N) is 1. The number of aryl methyl sites for hydroxylation is 1. The number of ether oxygens (including phenoxy) is 1. The minimum Gasteiger partial charge on any atom is -0.496 e. The van der Waals surface area contributed by atoms with Crippen LogP contribution >= 0.6 is 0 Å². The molecule has 0 aromatic heterocycles. The minimum atomic E-state index is 0.0876. The van der Waals surface area contributed by atoms with Crippen LogP contribution in [0, 0.1) is 25.7 Å². The minimum absolute atomic E-state index is 0.0876. The van der Waals surface area contributed by atoms with Crippen molar-refractivity contribution in [2.75, 3.05) is 7.11 Å². The van der Waals surface area contributed by atoms with Gasteiger partial charge in [-0.25, -0.2) is 0 Å². The molecule has 3 nitrogen and oxygen atoms in total. The van der Waals surface area contributed by atoms with Gasteiger partial charge in [0.2, 0.25) is 5.91 Å². The lowest BCUT2D eigenvalue weighted by Crippen LogP contribution is -2.40. The molecule has 0 radical (unpaired) electrons. The first kappa shape index (κ1) is 17.3. The summed E-state index contributed by atoms with van der Waals surface area (Å²) < 4.78 is 5.54. The second kappa shape index (κ2) is 7.16. The van der Waals surface area contributed by atoms with Gasteiger partial charge in [-0.3, -0.25) is 4.79 Å². The highest BCUT2D eigenvalue weighted by Crippen LogP contribution is 2.37. The average Bonchev–Trinajstić information content (AvgIpc) is 3.09. The van der Waals surface area contributed by atoms with Gasteiger partial charge < -0.3 is 10.1 Å². The molecule has 1 aromatic carbocycles. The summed E-state index contributed by atoms with van der Waals surface area (Å²) in [6.07, 6.45) is 8.01. The van der Waals surface area contributed by atoms with Crippen molar-refractivity contribution in [3.8, 4) is 5.75 Å². The SMILES string of the molecule is COc1cc(C)c2c(c1C)C[C@H]([C@H](C)C(=O)NC1CCCC1)CC2. The fraction of sp³-hybridized carbons (Fsp3) is 0.667. The van der Waals surface area contributed by atoms with E-state index >= 15 is 0 Å². The highest BCUT2D eigenvalue weighted by Gasteiger charge is 2.31. The van der Waals surface area contributed by atoms with Crippen LogP contribution in [0.15, 0.2) is 6.07 Å². The lowest BCUT2D eigenvalue weighted by Gasteiger charge is -2.32. The molecular formula is C21H31NO2. The average molecular weight is 329 g/mol. The van der Waals surface area contributed by atoms with E-state index in [9.17, 15) is 4.79 Å². The number of carbonyl (C=O) groups is 1. The third kappa shape index (κ3) is 3.31. The first-order chi connectivity index (χ1) is 11.5. The van der Waals surface area contributed by atoms with E-state index in [0.29, 0.717) is 12.0 Å². The molecule has 2 atom stereocenters. The van der Waals surface area contributed by atoms with Crippen LogP contribution in [0.4, 0.5) is 0 Å². The van der Waals surface area contributed by atoms with Gasteiger partial charge in [-0.05, 0) is 80.2 Å². The third-order valence-corrected chi connectivity index (χ3v) is 6.28. The van der Waals surface area contributed by atoms with Crippen LogP contribution in [0.3, 0.4) is 0 Å². The molecule has 0 saturated heterocycles. The molecule has 0 heterocycles. The Balaban J connectivity index is 1.74. The predicted molar refractivity (Wildman–Crippen MR) is 97.5 cm³/mol. The maximum absolute atomic E-state index is 12.6. The van der Waals surface area contributed by atoms with Crippen molar-refractivity contribution >= 4 is 5.91 Å². The van der Waals surface area contributed by atoms with E-state index in [-0.39, 0.29) is 11.8 Å². The molecule has 24 heavy (non-hydrogen) atoms. The smallest absolute Gasteiger partial charge is 0.223 e. The Morgan fingerprint density at radius 3 is 2.58 bits per heavy atom. The molecule has 1 fully saturated rings. The van der Waals surface area contributed by atoms with Crippen LogP contribution in [0.2, 0.25) is 0 Å². The standard InChI is InChI=1S/C21H31NO2/c1-13-11-20(24-4)15(3)19-12-16(9-10-18(13)19)14(2)21(23)22-17-7-5-6-8-17/h11,14,16-17H,5-10,12H2,1-4H3,(H,22,23)/t14-,16+/m0/s1. The fourth-order valence-corrected chi connectivity index (χ4v) is 4.58. The third-order valence-electron chi connectivity index (χ3n) is 6.28. The fourth-order valence-electron chi connectivity index (χ4n) is 4.58. The molecular weight excluding hydrogens is 298 g/mol. The first-order valence-corrected chi connectivity index (χ1v) is 9.47. The van der Waals surface area contributed by atoms with E-state index < -0.39 is 0 Å². The summed E-state index contributed by atoms with van der Waals surface area (Å²) in [5, 5.41) is 3.28. The molecule has 3 rings (SSSR count). The van der Waals surface area contributed by atoms with Crippen LogP contribution in [-0.4, -0.2) is 19.1 Å². The van der Waals surface area contributed by atoms with Gasteiger partial charge in [0.25, 0.3) is 0 Å².